The molecule has 1 aromatic heterocycles. The van der Waals surface area contributed by atoms with E-state index in [2.05, 4.69) is 61.1 Å². The van der Waals surface area contributed by atoms with E-state index in [1.54, 1.807) is 6.20 Å². The Bertz CT molecular complexity index is 598. The maximum atomic E-state index is 4.60. The van der Waals surface area contributed by atoms with Crippen molar-refractivity contribution in [1.82, 2.24) is 4.98 Å². The maximum absolute atomic E-state index is 4.60. The molecule has 102 valence electrons. The molecule has 0 spiro atoms. The van der Waals surface area contributed by atoms with E-state index in [1.807, 2.05) is 24.0 Å². The molecule has 5 heteroatoms. The summed E-state index contributed by atoms with van der Waals surface area (Å²) in [7, 11) is 0. The Hall–Kier alpha value is -1.33. The van der Waals surface area contributed by atoms with Crippen molar-refractivity contribution in [2.24, 2.45) is 4.99 Å². The van der Waals surface area contributed by atoms with Gasteiger partial charge in [0.15, 0.2) is 5.17 Å². The molecule has 0 saturated carbocycles. The Balaban J connectivity index is 1.89. The lowest BCUT2D eigenvalue weighted by atomic mass is 10.2. The van der Waals surface area contributed by atoms with Gasteiger partial charge in [0.1, 0.15) is 0 Å². The Labute approximate surface area is 131 Å². The van der Waals surface area contributed by atoms with Gasteiger partial charge in [-0.15, -0.1) is 0 Å². The van der Waals surface area contributed by atoms with Gasteiger partial charge >= 0.3 is 0 Å². The van der Waals surface area contributed by atoms with Crippen molar-refractivity contribution in [2.45, 2.75) is 6.54 Å². The van der Waals surface area contributed by atoms with Crippen LogP contribution in [-0.2, 0) is 6.54 Å². The van der Waals surface area contributed by atoms with Crippen molar-refractivity contribution in [1.29, 1.82) is 0 Å². The van der Waals surface area contributed by atoms with Crippen LogP contribution in [0.2, 0.25) is 0 Å². The molecular formula is C15H14BrN3S. The van der Waals surface area contributed by atoms with Gasteiger partial charge in [-0.2, -0.15) is 0 Å². The Kier molecular flexibility index (Phi) is 4.38. The molecule has 1 aromatic carbocycles. The van der Waals surface area contributed by atoms with Crippen LogP contribution < -0.4 is 4.90 Å². The number of benzene rings is 1. The molecule has 0 unspecified atom stereocenters. The first-order valence-electron chi connectivity index (χ1n) is 6.42. The zero-order valence-electron chi connectivity index (χ0n) is 10.9. The highest BCUT2D eigenvalue weighted by atomic mass is 79.9. The quantitative estimate of drug-likeness (QED) is 0.841. The fourth-order valence-electron chi connectivity index (χ4n) is 2.05. The van der Waals surface area contributed by atoms with Crippen LogP contribution in [0.25, 0.3) is 0 Å². The van der Waals surface area contributed by atoms with E-state index in [-0.39, 0.29) is 0 Å². The molecule has 0 aliphatic carbocycles. The third-order valence-electron chi connectivity index (χ3n) is 3.00. The van der Waals surface area contributed by atoms with E-state index in [0.717, 1.165) is 34.2 Å². The predicted molar refractivity (Wildman–Crippen MR) is 89.3 cm³/mol. The third kappa shape index (κ3) is 3.22. The Morgan fingerprint density at radius 2 is 2.05 bits per heavy atom. The van der Waals surface area contributed by atoms with E-state index in [4.69, 9.17) is 0 Å². The Morgan fingerprint density at radius 1 is 1.20 bits per heavy atom. The Morgan fingerprint density at radius 3 is 2.70 bits per heavy atom. The summed E-state index contributed by atoms with van der Waals surface area (Å²) in [5, 5.41) is 1.09. The number of rotatable bonds is 3. The summed E-state index contributed by atoms with van der Waals surface area (Å²) in [6.45, 7) is 1.70. The van der Waals surface area contributed by atoms with Gasteiger partial charge in [0, 0.05) is 28.3 Å². The largest absolute Gasteiger partial charge is 0.317 e. The smallest absolute Gasteiger partial charge is 0.164 e. The standard InChI is InChI=1S/C15H14BrN3S/c16-13-3-5-14(6-4-13)19(15-18-8-9-20-15)11-12-2-1-7-17-10-12/h1-7,10H,8-9,11H2. The number of halogens is 1. The van der Waals surface area contributed by atoms with Crippen molar-refractivity contribution >= 4 is 38.5 Å². The van der Waals surface area contributed by atoms with E-state index in [0.29, 0.717) is 0 Å². The molecule has 1 aliphatic rings. The lowest BCUT2D eigenvalue weighted by Crippen LogP contribution is -2.27. The van der Waals surface area contributed by atoms with Crippen LogP contribution in [0.1, 0.15) is 5.56 Å². The minimum atomic E-state index is 0.793. The number of hydrogen-bond donors (Lipinski definition) is 0. The van der Waals surface area contributed by atoms with E-state index >= 15 is 0 Å². The average molecular weight is 348 g/mol. The molecule has 0 amide bonds. The number of hydrogen-bond acceptors (Lipinski definition) is 4. The van der Waals surface area contributed by atoms with Gasteiger partial charge in [0.2, 0.25) is 0 Å². The lowest BCUT2D eigenvalue weighted by Gasteiger charge is -2.24. The highest BCUT2D eigenvalue weighted by molar-refractivity contribution is 9.10. The molecule has 20 heavy (non-hydrogen) atoms. The first-order chi connectivity index (χ1) is 9.83. The second kappa shape index (κ2) is 6.41. The van der Waals surface area contributed by atoms with Crippen LogP contribution in [0, 0.1) is 0 Å². The fraction of sp³-hybridized carbons (Fsp3) is 0.200. The van der Waals surface area contributed by atoms with Crippen LogP contribution in [0.4, 0.5) is 5.69 Å². The minimum Gasteiger partial charge on any atom is -0.317 e. The SMILES string of the molecule is Brc1ccc(N(Cc2cccnc2)C2=NCCS2)cc1. The van der Waals surface area contributed by atoms with Crippen LogP contribution in [0.5, 0.6) is 0 Å². The topological polar surface area (TPSA) is 28.5 Å². The van der Waals surface area contributed by atoms with Crippen LogP contribution in [-0.4, -0.2) is 22.4 Å². The molecule has 3 rings (SSSR count). The molecule has 0 saturated heterocycles. The summed E-state index contributed by atoms with van der Waals surface area (Å²) < 4.78 is 1.09. The molecular weight excluding hydrogens is 334 g/mol. The number of aromatic nitrogens is 1. The normalized spacial score (nSPS) is 14.2. The first kappa shape index (κ1) is 13.6. The molecule has 2 heterocycles. The van der Waals surface area contributed by atoms with Gasteiger partial charge in [-0.3, -0.25) is 9.98 Å². The van der Waals surface area contributed by atoms with Crippen molar-refractivity contribution in [3.05, 3.63) is 58.8 Å². The number of nitrogens with zero attached hydrogens (tertiary/aromatic N) is 3. The van der Waals surface area contributed by atoms with E-state index in [1.165, 1.54) is 5.56 Å². The van der Waals surface area contributed by atoms with Crippen molar-refractivity contribution in [3.63, 3.8) is 0 Å². The molecule has 0 bridgehead atoms. The zero-order valence-corrected chi connectivity index (χ0v) is 13.3. The summed E-state index contributed by atoms with van der Waals surface area (Å²) in [5.41, 5.74) is 2.34. The number of thioether (sulfide) groups is 1. The summed E-state index contributed by atoms with van der Waals surface area (Å²) in [6.07, 6.45) is 3.71. The van der Waals surface area contributed by atoms with Gasteiger partial charge in [-0.05, 0) is 35.9 Å². The summed E-state index contributed by atoms with van der Waals surface area (Å²) in [4.78, 5) is 11.0. The number of amidine groups is 1. The highest BCUT2D eigenvalue weighted by Crippen LogP contribution is 2.26. The average Bonchev–Trinajstić information content (AvgIpc) is 3.01. The third-order valence-corrected chi connectivity index (χ3v) is 4.53. The predicted octanol–water partition coefficient (Wildman–Crippen LogP) is 3.95. The lowest BCUT2D eigenvalue weighted by molar-refractivity contribution is 0.994. The maximum Gasteiger partial charge on any atom is 0.164 e. The van der Waals surface area contributed by atoms with Crippen LogP contribution in [0.15, 0.2) is 58.3 Å². The number of anilines is 1. The summed E-state index contributed by atoms with van der Waals surface area (Å²) in [5.74, 6) is 1.06. The van der Waals surface area contributed by atoms with Crippen molar-refractivity contribution in [2.75, 3.05) is 17.2 Å². The highest BCUT2D eigenvalue weighted by Gasteiger charge is 2.18. The summed E-state index contributed by atoms with van der Waals surface area (Å²) in [6, 6.07) is 12.4. The van der Waals surface area contributed by atoms with E-state index < -0.39 is 0 Å². The number of pyridine rings is 1. The molecule has 0 atom stereocenters. The van der Waals surface area contributed by atoms with Gasteiger partial charge in [-0.1, -0.05) is 33.8 Å². The van der Waals surface area contributed by atoms with Gasteiger partial charge in [0.05, 0.1) is 13.1 Å². The molecule has 0 fully saturated rings. The molecule has 3 nitrogen and oxygen atoms in total. The molecule has 0 radical (unpaired) electrons. The first-order valence-corrected chi connectivity index (χ1v) is 8.20. The second-order valence-corrected chi connectivity index (χ2v) is 6.41. The molecule has 0 N–H and O–H groups in total. The van der Waals surface area contributed by atoms with Gasteiger partial charge in [0.25, 0.3) is 0 Å². The summed E-state index contributed by atoms with van der Waals surface area (Å²) >= 11 is 5.29. The second-order valence-electron chi connectivity index (χ2n) is 4.44. The zero-order chi connectivity index (χ0) is 13.8. The van der Waals surface area contributed by atoms with Crippen LogP contribution in [0.3, 0.4) is 0 Å². The monoisotopic (exact) mass is 347 g/mol. The van der Waals surface area contributed by atoms with Gasteiger partial charge in [-0.25, -0.2) is 0 Å². The van der Waals surface area contributed by atoms with Crippen LogP contribution >= 0.6 is 27.7 Å². The molecule has 1 aliphatic heterocycles. The fourth-order valence-corrected chi connectivity index (χ4v) is 3.19. The van der Waals surface area contributed by atoms with Crippen molar-refractivity contribution in [3.8, 4) is 0 Å². The van der Waals surface area contributed by atoms with E-state index in [9.17, 15) is 0 Å². The van der Waals surface area contributed by atoms with Gasteiger partial charge < -0.3 is 4.90 Å². The van der Waals surface area contributed by atoms with Crippen molar-refractivity contribution < 1.29 is 0 Å². The minimum absolute atomic E-state index is 0.793. The number of aliphatic imine (C=N–C) groups is 1. The molecule has 2 aromatic rings.